The molecule has 0 spiro atoms. The molecule has 0 bridgehead atoms. The van der Waals surface area contributed by atoms with E-state index in [0.29, 0.717) is 0 Å². The van der Waals surface area contributed by atoms with Crippen LogP contribution in [0.3, 0.4) is 0 Å². The maximum atomic E-state index is 10.7. The zero-order chi connectivity index (χ0) is 11.4. The molecule has 0 radical (unpaired) electrons. The van der Waals surface area contributed by atoms with Crippen molar-refractivity contribution in [1.29, 1.82) is 0 Å². The smallest absolute Gasteiger partial charge is 0.307 e. The predicted molar refractivity (Wildman–Crippen MR) is 61.3 cm³/mol. The first-order valence-electron chi connectivity index (χ1n) is 5.15. The number of benzene rings is 1. The van der Waals surface area contributed by atoms with Crippen molar-refractivity contribution in [3.05, 3.63) is 59.9 Å². The quantitative estimate of drug-likeness (QED) is 0.849. The molecule has 0 fully saturated rings. The highest BCUT2D eigenvalue weighted by Gasteiger charge is 2.05. The standard InChI is InChI=1S/C13H13NO2/c15-13(16)9-11-5-1-2-6-12(11)10-14-7-3-4-8-14/h1-8H,9-10H2,(H,15,16). The third-order valence-electron chi connectivity index (χ3n) is 2.48. The molecule has 0 aliphatic heterocycles. The van der Waals surface area contributed by atoms with E-state index in [1.165, 1.54) is 0 Å². The minimum absolute atomic E-state index is 0.0808. The number of hydrogen-bond acceptors (Lipinski definition) is 1. The molecule has 0 aliphatic carbocycles. The van der Waals surface area contributed by atoms with Crippen LogP contribution in [0.2, 0.25) is 0 Å². The Labute approximate surface area is 94.0 Å². The van der Waals surface area contributed by atoms with Gasteiger partial charge in [0.15, 0.2) is 0 Å². The molecule has 3 nitrogen and oxygen atoms in total. The molecule has 1 heterocycles. The molecular formula is C13H13NO2. The SMILES string of the molecule is O=C(O)Cc1ccccc1Cn1cccc1. The molecular weight excluding hydrogens is 202 g/mol. The van der Waals surface area contributed by atoms with Crippen molar-refractivity contribution < 1.29 is 9.90 Å². The summed E-state index contributed by atoms with van der Waals surface area (Å²) in [5, 5.41) is 8.81. The van der Waals surface area contributed by atoms with Crippen LogP contribution in [-0.4, -0.2) is 15.6 Å². The Bertz CT molecular complexity index is 474. The van der Waals surface area contributed by atoms with Gasteiger partial charge in [-0.2, -0.15) is 0 Å². The van der Waals surface area contributed by atoms with Gasteiger partial charge in [-0.25, -0.2) is 0 Å². The van der Waals surface area contributed by atoms with Gasteiger partial charge in [0.1, 0.15) is 0 Å². The molecule has 0 saturated carbocycles. The van der Waals surface area contributed by atoms with Gasteiger partial charge in [-0.05, 0) is 23.3 Å². The fourth-order valence-corrected chi connectivity index (χ4v) is 1.72. The van der Waals surface area contributed by atoms with Crippen LogP contribution in [0.5, 0.6) is 0 Å². The first kappa shape index (κ1) is 10.5. The molecule has 3 heteroatoms. The van der Waals surface area contributed by atoms with E-state index in [0.717, 1.165) is 17.7 Å². The van der Waals surface area contributed by atoms with E-state index in [4.69, 9.17) is 5.11 Å². The van der Waals surface area contributed by atoms with Crippen LogP contribution in [0.15, 0.2) is 48.8 Å². The molecule has 0 saturated heterocycles. The number of carbonyl (C=O) groups is 1. The van der Waals surface area contributed by atoms with E-state index in [-0.39, 0.29) is 6.42 Å². The van der Waals surface area contributed by atoms with Crippen molar-refractivity contribution in [2.24, 2.45) is 0 Å². The van der Waals surface area contributed by atoms with Crippen LogP contribution in [0, 0.1) is 0 Å². The second-order valence-corrected chi connectivity index (χ2v) is 3.69. The fourth-order valence-electron chi connectivity index (χ4n) is 1.72. The lowest BCUT2D eigenvalue weighted by Gasteiger charge is -2.08. The van der Waals surface area contributed by atoms with Crippen LogP contribution in [-0.2, 0) is 17.8 Å². The summed E-state index contributed by atoms with van der Waals surface area (Å²) in [4.78, 5) is 10.7. The number of carboxylic acid groups (broad SMARTS) is 1. The maximum Gasteiger partial charge on any atom is 0.307 e. The maximum absolute atomic E-state index is 10.7. The summed E-state index contributed by atoms with van der Waals surface area (Å²) >= 11 is 0. The van der Waals surface area contributed by atoms with Crippen molar-refractivity contribution in [2.45, 2.75) is 13.0 Å². The molecule has 82 valence electrons. The van der Waals surface area contributed by atoms with Crippen LogP contribution >= 0.6 is 0 Å². The van der Waals surface area contributed by atoms with E-state index in [1.54, 1.807) is 0 Å². The average Bonchev–Trinajstić information content (AvgIpc) is 2.73. The molecule has 0 aliphatic rings. The van der Waals surface area contributed by atoms with Crippen LogP contribution < -0.4 is 0 Å². The summed E-state index contributed by atoms with van der Waals surface area (Å²) in [6, 6.07) is 11.6. The minimum atomic E-state index is -0.792. The highest BCUT2D eigenvalue weighted by Crippen LogP contribution is 2.11. The van der Waals surface area contributed by atoms with E-state index in [1.807, 2.05) is 53.4 Å². The lowest BCUT2D eigenvalue weighted by molar-refractivity contribution is -0.136. The van der Waals surface area contributed by atoms with E-state index in [2.05, 4.69) is 0 Å². The number of rotatable bonds is 4. The summed E-state index contributed by atoms with van der Waals surface area (Å²) in [6.45, 7) is 0.719. The van der Waals surface area contributed by atoms with Gasteiger partial charge >= 0.3 is 5.97 Å². The lowest BCUT2D eigenvalue weighted by atomic mass is 10.0. The van der Waals surface area contributed by atoms with Crippen molar-refractivity contribution in [3.63, 3.8) is 0 Å². The van der Waals surface area contributed by atoms with Crippen molar-refractivity contribution in [3.8, 4) is 0 Å². The Morgan fingerprint density at radius 2 is 1.69 bits per heavy atom. The first-order chi connectivity index (χ1) is 7.75. The summed E-state index contributed by atoms with van der Waals surface area (Å²) in [5.41, 5.74) is 1.94. The Hall–Kier alpha value is -2.03. The molecule has 16 heavy (non-hydrogen) atoms. The molecule has 2 aromatic rings. The Kier molecular flexibility index (Phi) is 3.05. The summed E-state index contributed by atoms with van der Waals surface area (Å²) < 4.78 is 2.03. The Morgan fingerprint density at radius 1 is 1.06 bits per heavy atom. The van der Waals surface area contributed by atoms with Crippen molar-refractivity contribution in [1.82, 2.24) is 4.57 Å². The molecule has 2 rings (SSSR count). The third-order valence-corrected chi connectivity index (χ3v) is 2.48. The summed E-state index contributed by atoms with van der Waals surface area (Å²) in [5.74, 6) is -0.792. The predicted octanol–water partition coefficient (Wildman–Crippen LogP) is 2.16. The van der Waals surface area contributed by atoms with Gasteiger partial charge in [0.25, 0.3) is 0 Å². The molecule has 1 aromatic heterocycles. The fraction of sp³-hybridized carbons (Fsp3) is 0.154. The molecule has 1 N–H and O–H groups in total. The molecule has 0 amide bonds. The van der Waals surface area contributed by atoms with Gasteiger partial charge < -0.3 is 9.67 Å². The van der Waals surface area contributed by atoms with E-state index >= 15 is 0 Å². The van der Waals surface area contributed by atoms with Gasteiger partial charge in [0, 0.05) is 18.9 Å². The van der Waals surface area contributed by atoms with Crippen LogP contribution in [0.25, 0.3) is 0 Å². The highest BCUT2D eigenvalue weighted by atomic mass is 16.4. The zero-order valence-electron chi connectivity index (χ0n) is 8.84. The normalized spacial score (nSPS) is 10.2. The second-order valence-electron chi connectivity index (χ2n) is 3.69. The van der Waals surface area contributed by atoms with E-state index < -0.39 is 5.97 Å². The van der Waals surface area contributed by atoms with Gasteiger partial charge in [-0.3, -0.25) is 4.79 Å². The van der Waals surface area contributed by atoms with Gasteiger partial charge in [0.2, 0.25) is 0 Å². The zero-order valence-corrected chi connectivity index (χ0v) is 8.84. The minimum Gasteiger partial charge on any atom is -0.481 e. The first-order valence-corrected chi connectivity index (χ1v) is 5.15. The topological polar surface area (TPSA) is 42.2 Å². The number of nitrogens with zero attached hydrogens (tertiary/aromatic N) is 1. The summed E-state index contributed by atoms with van der Waals surface area (Å²) in [7, 11) is 0. The summed E-state index contributed by atoms with van der Waals surface area (Å²) in [6.07, 6.45) is 4.02. The van der Waals surface area contributed by atoms with Crippen molar-refractivity contribution in [2.75, 3.05) is 0 Å². The van der Waals surface area contributed by atoms with Gasteiger partial charge in [-0.15, -0.1) is 0 Å². The molecule has 0 atom stereocenters. The number of aromatic nitrogens is 1. The number of aliphatic carboxylic acids is 1. The molecule has 0 unspecified atom stereocenters. The largest absolute Gasteiger partial charge is 0.481 e. The van der Waals surface area contributed by atoms with Gasteiger partial charge in [-0.1, -0.05) is 24.3 Å². The number of carboxylic acids is 1. The average molecular weight is 215 g/mol. The number of hydrogen-bond donors (Lipinski definition) is 1. The molecule has 1 aromatic carbocycles. The van der Waals surface area contributed by atoms with E-state index in [9.17, 15) is 4.79 Å². The van der Waals surface area contributed by atoms with Crippen LogP contribution in [0.4, 0.5) is 0 Å². The highest BCUT2D eigenvalue weighted by molar-refractivity contribution is 5.70. The Balaban J connectivity index is 2.22. The third kappa shape index (κ3) is 2.51. The Morgan fingerprint density at radius 3 is 2.31 bits per heavy atom. The van der Waals surface area contributed by atoms with Crippen molar-refractivity contribution >= 4 is 5.97 Å². The monoisotopic (exact) mass is 215 g/mol. The van der Waals surface area contributed by atoms with Crippen LogP contribution in [0.1, 0.15) is 11.1 Å². The van der Waals surface area contributed by atoms with Gasteiger partial charge in [0.05, 0.1) is 6.42 Å². The second kappa shape index (κ2) is 4.66. The lowest BCUT2D eigenvalue weighted by Crippen LogP contribution is -2.06.